The van der Waals surface area contributed by atoms with E-state index in [0.717, 1.165) is 18.6 Å². The molecule has 0 heterocycles. The summed E-state index contributed by atoms with van der Waals surface area (Å²) in [4.78, 5) is 11.7. The molecule has 364 valence electrons. The molecule has 0 saturated carbocycles. The quantitative estimate of drug-likeness (QED) is 0.0754. The molecular formula is C46H85NO15. The molecule has 0 aliphatic rings. The summed E-state index contributed by atoms with van der Waals surface area (Å²) in [6.45, 7) is 16.3. The van der Waals surface area contributed by atoms with Crippen LogP contribution in [0, 0.1) is 0 Å². The topological polar surface area (TPSA) is 158 Å². The van der Waals surface area contributed by atoms with E-state index in [2.05, 4.69) is 12.2 Å². The summed E-state index contributed by atoms with van der Waals surface area (Å²) >= 11 is 0. The third-order valence-corrected chi connectivity index (χ3v) is 8.83. The Bertz CT molecular complexity index is 1000. The highest BCUT2D eigenvalue weighted by Crippen LogP contribution is 2.10. The van der Waals surface area contributed by atoms with Crippen molar-refractivity contribution in [3.8, 4) is 0 Å². The lowest BCUT2D eigenvalue weighted by Gasteiger charge is -2.09. The zero-order valence-corrected chi connectivity index (χ0v) is 38.4. The van der Waals surface area contributed by atoms with Crippen molar-refractivity contribution in [3.63, 3.8) is 0 Å². The fraction of sp³-hybridized carbons (Fsp3) is 0.848. The summed E-state index contributed by atoms with van der Waals surface area (Å²) in [6.07, 6.45) is 12.9. The Morgan fingerprint density at radius 1 is 0.355 bits per heavy atom. The predicted molar refractivity (Wildman–Crippen MR) is 237 cm³/mol. The average molecular weight is 892 g/mol. The number of ether oxygens (including phenoxy) is 14. The van der Waals surface area contributed by atoms with Crippen LogP contribution in [0.3, 0.4) is 0 Å². The van der Waals surface area contributed by atoms with Gasteiger partial charge in [0.05, 0.1) is 165 Å². The summed E-state index contributed by atoms with van der Waals surface area (Å²) in [5, 5.41) is 2.65. The Balaban J connectivity index is 1.61. The minimum absolute atomic E-state index is 0.236. The highest BCUT2D eigenvalue weighted by Gasteiger charge is 2.02. The molecule has 0 aliphatic heterocycles. The molecule has 16 heteroatoms. The van der Waals surface area contributed by atoms with Crippen molar-refractivity contribution in [1.29, 1.82) is 0 Å². The van der Waals surface area contributed by atoms with Crippen molar-refractivity contribution in [3.05, 3.63) is 35.9 Å². The number of rotatable bonds is 52. The second kappa shape index (κ2) is 51.6. The summed E-state index contributed by atoms with van der Waals surface area (Å²) in [5.41, 5.74) is 0.937. The number of hydrogen-bond acceptors (Lipinski definition) is 15. The van der Waals surface area contributed by atoms with Crippen LogP contribution in [-0.4, -0.2) is 184 Å². The van der Waals surface area contributed by atoms with Gasteiger partial charge >= 0.3 is 6.09 Å². The average Bonchev–Trinajstić information content (AvgIpc) is 3.29. The van der Waals surface area contributed by atoms with Gasteiger partial charge in [-0.3, -0.25) is 0 Å². The van der Waals surface area contributed by atoms with Crippen LogP contribution in [-0.2, 0) is 72.9 Å². The number of alkyl carbamates (subject to hydrolysis) is 1. The number of benzene rings is 1. The van der Waals surface area contributed by atoms with Gasteiger partial charge in [-0.25, -0.2) is 4.79 Å². The van der Waals surface area contributed by atoms with Gasteiger partial charge in [-0.05, 0) is 12.0 Å². The summed E-state index contributed by atoms with van der Waals surface area (Å²) < 4.78 is 76.9. The van der Waals surface area contributed by atoms with E-state index in [-0.39, 0.29) is 6.61 Å². The van der Waals surface area contributed by atoms with Crippen LogP contribution in [0.4, 0.5) is 4.79 Å². The first-order valence-electron chi connectivity index (χ1n) is 23.3. The molecule has 0 aliphatic carbocycles. The summed E-state index contributed by atoms with van der Waals surface area (Å²) in [5.74, 6) is 0. The van der Waals surface area contributed by atoms with Crippen LogP contribution in [0.1, 0.15) is 76.7 Å². The number of carbonyl (C=O) groups is 1. The van der Waals surface area contributed by atoms with Crippen molar-refractivity contribution in [1.82, 2.24) is 5.32 Å². The number of nitrogens with one attached hydrogen (secondary N) is 1. The number of carbonyl (C=O) groups excluding carboxylic acids is 1. The third kappa shape index (κ3) is 47.4. The van der Waals surface area contributed by atoms with Gasteiger partial charge in [-0.1, -0.05) is 95.0 Å². The molecule has 16 nitrogen and oxygen atoms in total. The van der Waals surface area contributed by atoms with Crippen molar-refractivity contribution < 1.29 is 71.1 Å². The zero-order valence-electron chi connectivity index (χ0n) is 38.4. The van der Waals surface area contributed by atoms with Crippen LogP contribution in [0.2, 0.25) is 0 Å². The zero-order chi connectivity index (χ0) is 44.2. The molecule has 1 aromatic rings. The van der Waals surface area contributed by atoms with Crippen molar-refractivity contribution in [2.75, 3.05) is 178 Å². The monoisotopic (exact) mass is 892 g/mol. The Morgan fingerprint density at radius 2 is 0.629 bits per heavy atom. The van der Waals surface area contributed by atoms with Gasteiger partial charge < -0.3 is 71.6 Å². The maximum absolute atomic E-state index is 11.7. The summed E-state index contributed by atoms with van der Waals surface area (Å²) in [6, 6.07) is 9.51. The molecule has 1 N–H and O–H groups in total. The second-order valence-corrected chi connectivity index (χ2v) is 14.1. The fourth-order valence-corrected chi connectivity index (χ4v) is 5.43. The molecule has 0 saturated heterocycles. The third-order valence-electron chi connectivity index (χ3n) is 8.83. The van der Waals surface area contributed by atoms with Crippen LogP contribution in [0.15, 0.2) is 30.3 Å². The van der Waals surface area contributed by atoms with E-state index in [0.29, 0.717) is 172 Å². The largest absolute Gasteiger partial charge is 0.445 e. The molecule has 0 bridgehead atoms. The van der Waals surface area contributed by atoms with E-state index in [1.165, 1.54) is 57.8 Å². The molecule has 0 aromatic heterocycles. The van der Waals surface area contributed by atoms with E-state index in [1.54, 1.807) is 0 Å². The molecule has 1 amide bonds. The molecular weight excluding hydrogens is 806 g/mol. The molecule has 0 unspecified atom stereocenters. The first-order chi connectivity index (χ1) is 30.8. The Kier molecular flexibility index (Phi) is 48.3. The lowest BCUT2D eigenvalue weighted by molar-refractivity contribution is -0.0290. The molecule has 0 fully saturated rings. The van der Waals surface area contributed by atoms with Gasteiger partial charge in [0.2, 0.25) is 0 Å². The predicted octanol–water partition coefficient (Wildman–Crippen LogP) is 6.05. The molecule has 62 heavy (non-hydrogen) atoms. The first kappa shape index (κ1) is 58.0. The highest BCUT2D eigenvalue weighted by atomic mass is 16.6. The van der Waals surface area contributed by atoms with Gasteiger partial charge in [0.15, 0.2) is 0 Å². The van der Waals surface area contributed by atoms with Crippen LogP contribution in [0.5, 0.6) is 0 Å². The van der Waals surface area contributed by atoms with Crippen molar-refractivity contribution in [2.24, 2.45) is 0 Å². The van der Waals surface area contributed by atoms with E-state index in [4.69, 9.17) is 66.3 Å². The van der Waals surface area contributed by atoms with E-state index in [9.17, 15) is 4.79 Å². The summed E-state index contributed by atoms with van der Waals surface area (Å²) in [7, 11) is 0. The standard InChI is InChI=1S/C46H85NO15/c1-2-3-4-5-6-7-8-9-10-14-18-49-20-22-51-24-26-53-28-30-55-32-34-57-36-38-59-40-42-61-43-41-60-39-37-58-35-33-56-31-29-54-27-25-52-23-21-50-19-17-47-46(48)62-44-45-15-12-11-13-16-45/h11-13,15-16H,2-10,14,17-44H2,1H3,(H,47,48). The van der Waals surface area contributed by atoms with Gasteiger partial charge in [0.1, 0.15) is 6.61 Å². The minimum Gasteiger partial charge on any atom is -0.445 e. The molecule has 0 spiro atoms. The Labute approximate surface area is 373 Å². The number of amides is 1. The van der Waals surface area contributed by atoms with E-state index in [1.807, 2.05) is 30.3 Å². The normalized spacial score (nSPS) is 11.4. The van der Waals surface area contributed by atoms with E-state index < -0.39 is 6.09 Å². The van der Waals surface area contributed by atoms with Gasteiger partial charge in [0, 0.05) is 13.2 Å². The van der Waals surface area contributed by atoms with Crippen molar-refractivity contribution in [2.45, 2.75) is 77.7 Å². The minimum atomic E-state index is -0.469. The Hall–Kier alpha value is -2.03. The van der Waals surface area contributed by atoms with Gasteiger partial charge in [-0.15, -0.1) is 0 Å². The lowest BCUT2D eigenvalue weighted by Crippen LogP contribution is -2.28. The molecule has 0 radical (unpaired) electrons. The second-order valence-electron chi connectivity index (χ2n) is 14.1. The number of unbranched alkanes of at least 4 members (excludes halogenated alkanes) is 9. The Morgan fingerprint density at radius 3 is 0.952 bits per heavy atom. The fourth-order valence-electron chi connectivity index (χ4n) is 5.43. The van der Waals surface area contributed by atoms with Gasteiger partial charge in [-0.2, -0.15) is 0 Å². The maximum Gasteiger partial charge on any atom is 0.407 e. The molecule has 1 rings (SSSR count). The maximum atomic E-state index is 11.7. The lowest BCUT2D eigenvalue weighted by atomic mass is 10.1. The van der Waals surface area contributed by atoms with Crippen molar-refractivity contribution >= 4 is 6.09 Å². The smallest absolute Gasteiger partial charge is 0.407 e. The SMILES string of the molecule is CCCCCCCCCCCCOCCOCCOCCOCCOCCOCCOCCOCCOCCOCCOCCOCCOCCNC(=O)OCc1ccccc1. The number of hydrogen-bond donors (Lipinski definition) is 1. The van der Waals surface area contributed by atoms with Crippen LogP contribution < -0.4 is 5.32 Å². The van der Waals surface area contributed by atoms with Gasteiger partial charge in [0.25, 0.3) is 0 Å². The first-order valence-corrected chi connectivity index (χ1v) is 23.3. The molecule has 0 atom stereocenters. The van der Waals surface area contributed by atoms with Crippen LogP contribution >= 0.6 is 0 Å². The molecule has 1 aromatic carbocycles. The highest BCUT2D eigenvalue weighted by molar-refractivity contribution is 5.67. The van der Waals surface area contributed by atoms with Crippen LogP contribution in [0.25, 0.3) is 0 Å². The van der Waals surface area contributed by atoms with E-state index >= 15 is 0 Å².